The molecule has 464 valence electrons. The summed E-state index contributed by atoms with van der Waals surface area (Å²) in [6.45, 7) is 2.61. The summed E-state index contributed by atoms with van der Waals surface area (Å²) in [5.41, 5.74) is 0. The third-order valence-corrected chi connectivity index (χ3v) is 19.6. The van der Waals surface area contributed by atoms with Crippen LogP contribution in [0.4, 0.5) is 0 Å². The van der Waals surface area contributed by atoms with Gasteiger partial charge in [0.15, 0.2) is 0 Å². The van der Waals surface area contributed by atoms with Crippen molar-refractivity contribution in [1.29, 1.82) is 0 Å². The van der Waals surface area contributed by atoms with Gasteiger partial charge in [-0.25, -0.2) is 18.5 Å². The lowest BCUT2D eigenvalue weighted by atomic mass is 9.82. The maximum atomic E-state index is 14.3. The van der Waals surface area contributed by atoms with Crippen LogP contribution in [0.2, 0.25) is 0 Å². The number of nitrogens with one attached hydrogen (secondary N) is 4. The largest absolute Gasteiger partial charge is 0.490 e. The van der Waals surface area contributed by atoms with Gasteiger partial charge < -0.3 is 75.4 Å². The average molecular weight is 1270 g/mol. The number of rotatable bonds is 32. The molecule has 0 bridgehead atoms. The van der Waals surface area contributed by atoms with Crippen molar-refractivity contribution in [3.63, 3.8) is 0 Å². The first-order valence-electron chi connectivity index (χ1n) is 26.7. The van der Waals surface area contributed by atoms with Gasteiger partial charge in [-0.3, -0.25) is 42.9 Å². The minimum Gasteiger partial charge on any atom is -0.481 e. The molecule has 4 rings (SSSR count). The van der Waals surface area contributed by atoms with Gasteiger partial charge >= 0.3 is 35.4 Å². The number of aliphatic hydroxyl groups is 1. The Kier molecular flexibility index (Phi) is 29.4. The van der Waals surface area contributed by atoms with Gasteiger partial charge in [0, 0.05) is 57.5 Å². The zero-order valence-electron chi connectivity index (χ0n) is 45.4. The number of carboxylic acids is 2. The van der Waals surface area contributed by atoms with Gasteiger partial charge in [-0.15, -0.1) is 0 Å². The number of carboxylic acid groups (broad SMARTS) is 2. The van der Waals surface area contributed by atoms with Crippen molar-refractivity contribution < 1.29 is 114 Å². The molecule has 3 aliphatic heterocycles. The Hall–Kier alpha value is -4.02. The van der Waals surface area contributed by atoms with E-state index in [2.05, 4.69) is 40.9 Å². The summed E-state index contributed by atoms with van der Waals surface area (Å²) in [5.74, 6) is -0.281. The summed E-state index contributed by atoms with van der Waals surface area (Å²) in [6.07, 6.45) is 3.20. The summed E-state index contributed by atoms with van der Waals surface area (Å²) in [7, 11) is -13.9. The lowest BCUT2D eigenvalue weighted by molar-refractivity contribution is -0.147. The number of nitrogens with zero attached hydrogens (tertiary/aromatic N) is 2. The number of ketones is 1. The Balaban J connectivity index is 1.22. The molecule has 1 aliphatic carbocycles. The number of unbranched alkanes of at least 4 members (excludes halogenated alkanes) is 1. The molecule has 0 aromatic carbocycles. The van der Waals surface area contributed by atoms with Crippen LogP contribution in [0.1, 0.15) is 123 Å². The number of phosphoric acid groups is 3. The Labute approximate surface area is 481 Å². The minimum atomic E-state index is -5.70. The second kappa shape index (κ2) is 34.2. The molecule has 12 unspecified atom stereocenters. The molecule has 0 aromatic heterocycles. The molecular weight excluding hydrogens is 1190 g/mol. The molecule has 6 amide bonds. The molecule has 1 saturated carbocycles. The highest BCUT2D eigenvalue weighted by Gasteiger charge is 2.45. The number of Topliss-reactive ketones (excluding diaryl/α,β-unsaturated/α-hetero) is 1. The van der Waals surface area contributed by atoms with Gasteiger partial charge in [0.1, 0.15) is 54.6 Å². The molecule has 0 aromatic rings. The SMILES string of the molecule is CC(=O)CC(NC(=O)C1CCCN1C(=O)C(CCCCNC(C)=O)NC(=O)C1CCCN1C(=O)CCSSCOCC#CC1CCCCC(C2CC(O)C(COP(=O)(O)OP(=O)(O)OP(=O)(O)O)O2)CC1)C(=O)NC(CC(=O)O)C(=O)O. The Bertz CT molecular complexity index is 2470. The quantitative estimate of drug-likeness (QED) is 0.0149. The van der Waals surface area contributed by atoms with E-state index in [1.54, 1.807) is 0 Å². The number of amides is 6. The zero-order chi connectivity index (χ0) is 60.8. The highest BCUT2D eigenvalue weighted by atomic mass is 33.1. The summed E-state index contributed by atoms with van der Waals surface area (Å²) in [5, 5.41) is 39.1. The van der Waals surface area contributed by atoms with Crippen LogP contribution in [0.5, 0.6) is 0 Å². The van der Waals surface area contributed by atoms with Crippen molar-refractivity contribution in [3.8, 4) is 11.8 Å². The summed E-state index contributed by atoms with van der Waals surface area (Å²) in [4.78, 5) is 154. The molecule has 0 spiro atoms. The first kappa shape index (κ1) is 70.5. The van der Waals surface area contributed by atoms with Gasteiger partial charge in [-0.2, -0.15) is 8.62 Å². The molecule has 82 heavy (non-hydrogen) atoms. The fourth-order valence-corrected chi connectivity index (χ4v) is 14.5. The normalized spacial score (nSPS) is 24.6. The summed E-state index contributed by atoms with van der Waals surface area (Å²) in [6, 6.07) is -6.66. The van der Waals surface area contributed by atoms with E-state index in [1.807, 2.05) is 5.32 Å². The number of hydrogen-bond acceptors (Lipinski definition) is 20. The number of likely N-dealkylation sites (tertiary alicyclic amines) is 2. The van der Waals surface area contributed by atoms with Crippen LogP contribution < -0.4 is 21.3 Å². The molecule has 0 radical (unpaired) electrons. The third-order valence-electron chi connectivity index (χ3n) is 13.7. The number of aliphatic carboxylic acids is 2. The second-order valence-corrected chi connectivity index (χ2v) is 27.1. The third kappa shape index (κ3) is 25.3. The van der Waals surface area contributed by atoms with Crippen LogP contribution in [-0.2, 0) is 79.5 Å². The highest BCUT2D eigenvalue weighted by Crippen LogP contribution is 2.66. The van der Waals surface area contributed by atoms with Gasteiger partial charge in [-0.1, -0.05) is 46.3 Å². The molecule has 4 fully saturated rings. The van der Waals surface area contributed by atoms with Crippen molar-refractivity contribution in [3.05, 3.63) is 0 Å². The van der Waals surface area contributed by atoms with Crippen molar-refractivity contribution in [1.82, 2.24) is 31.1 Å². The average Bonchev–Trinajstić information content (AvgIpc) is 4.30. The van der Waals surface area contributed by atoms with E-state index in [-0.39, 0.29) is 68.4 Å². The second-order valence-electron chi connectivity index (χ2n) is 20.1. The predicted molar refractivity (Wildman–Crippen MR) is 290 cm³/mol. The maximum Gasteiger partial charge on any atom is 0.490 e. The number of hydrogen-bond donors (Lipinski definition) is 11. The lowest BCUT2D eigenvalue weighted by Crippen LogP contribution is -2.58. The van der Waals surface area contributed by atoms with E-state index in [4.69, 9.17) is 24.4 Å². The van der Waals surface area contributed by atoms with Gasteiger partial charge in [0.2, 0.25) is 35.4 Å². The molecule has 30 nitrogen and oxygen atoms in total. The molecule has 12 atom stereocenters. The standard InChI is InChI=1S/C47H75N6O24P3S2/c1-29(54)24-34(43(60)51-35(47(64)65)25-42(58)59)50-45(62)37-15-8-21-53(37)46(63)33(13-5-6-19-48-30(2)55)49-44(61)36-14-7-20-52(36)41(57)18-23-81-82-28-73-22-9-11-31-10-3-4-12-32(17-16-31)39-26-38(56)40(75-39)27-74-79(69,70)77-80(71,72)76-78(66,67)68/h31-40,56H,3-8,10,12-28H2,1-2H3,(H,48,55)(H,49,61)(H,50,62)(H,51,60)(H,58,59)(H,64,65)(H,69,70)(H,71,72)(H2,66,67,68). The Morgan fingerprint density at radius 3 is 2.05 bits per heavy atom. The topological polar surface area (TPSA) is 447 Å². The van der Waals surface area contributed by atoms with Crippen molar-refractivity contribution in [2.45, 2.75) is 172 Å². The van der Waals surface area contributed by atoms with E-state index in [1.165, 1.54) is 38.3 Å². The minimum absolute atomic E-state index is 0.0128. The highest BCUT2D eigenvalue weighted by molar-refractivity contribution is 8.76. The van der Waals surface area contributed by atoms with Crippen LogP contribution in [0, 0.1) is 23.7 Å². The maximum absolute atomic E-state index is 14.3. The number of carbonyl (C=O) groups excluding carboxylic acids is 7. The smallest absolute Gasteiger partial charge is 0.481 e. The van der Waals surface area contributed by atoms with Crippen molar-refractivity contribution in [2.24, 2.45) is 11.8 Å². The van der Waals surface area contributed by atoms with Crippen molar-refractivity contribution >= 4 is 98.2 Å². The number of carbonyl (C=O) groups is 9. The van der Waals surface area contributed by atoms with Crippen molar-refractivity contribution in [2.75, 3.05) is 44.5 Å². The molecule has 3 heterocycles. The predicted octanol–water partition coefficient (Wildman–Crippen LogP) is 1.46. The lowest BCUT2D eigenvalue weighted by Gasteiger charge is -2.31. The van der Waals surface area contributed by atoms with Crippen LogP contribution in [0.15, 0.2) is 0 Å². The Morgan fingerprint density at radius 2 is 1.40 bits per heavy atom. The van der Waals surface area contributed by atoms with Crippen LogP contribution in [0.3, 0.4) is 0 Å². The molecule has 11 N–H and O–H groups in total. The van der Waals surface area contributed by atoms with E-state index >= 15 is 0 Å². The van der Waals surface area contributed by atoms with E-state index in [0.29, 0.717) is 57.4 Å². The van der Waals surface area contributed by atoms with Gasteiger partial charge in [0.25, 0.3) is 0 Å². The Morgan fingerprint density at radius 1 is 0.744 bits per heavy atom. The molecular formula is C47H75N6O24P3S2. The monoisotopic (exact) mass is 1260 g/mol. The van der Waals surface area contributed by atoms with E-state index < -0.39 is 133 Å². The van der Waals surface area contributed by atoms with E-state index in [0.717, 1.165) is 39.0 Å². The molecule has 4 aliphatic rings. The number of phosphoric ester groups is 1. The zero-order valence-corrected chi connectivity index (χ0v) is 49.7. The summed E-state index contributed by atoms with van der Waals surface area (Å²) >= 11 is 0. The van der Waals surface area contributed by atoms with Crippen LogP contribution >= 0.6 is 45.1 Å². The van der Waals surface area contributed by atoms with Crippen LogP contribution in [-0.4, -0.2) is 191 Å². The first-order chi connectivity index (χ1) is 38.5. The molecule has 3 saturated heterocycles. The van der Waals surface area contributed by atoms with E-state index in [9.17, 15) is 76.8 Å². The number of aliphatic hydroxyl groups excluding tert-OH is 1. The molecule has 35 heteroatoms. The fraction of sp³-hybridized carbons (Fsp3) is 0.766. The number of ether oxygens (including phenoxy) is 2. The summed E-state index contributed by atoms with van der Waals surface area (Å²) < 4.78 is 58.5. The first-order valence-corrected chi connectivity index (χ1v) is 33.7. The van der Waals surface area contributed by atoms with Gasteiger partial charge in [0.05, 0.1) is 25.2 Å². The van der Waals surface area contributed by atoms with Crippen LogP contribution in [0.25, 0.3) is 0 Å². The fourth-order valence-electron chi connectivity index (χ4n) is 9.90. The van der Waals surface area contributed by atoms with Gasteiger partial charge in [-0.05, 0) is 83.5 Å².